The minimum absolute atomic E-state index is 0.0144. The Kier molecular flexibility index (Phi) is 9.92. The smallest absolute Gasteiger partial charge is 0.408 e. The average Bonchev–Trinajstić information content (AvgIpc) is 3.21. The van der Waals surface area contributed by atoms with Gasteiger partial charge in [0.25, 0.3) is 0 Å². The van der Waals surface area contributed by atoms with Crippen LogP contribution >= 0.6 is 11.8 Å². The number of ether oxygens (including phenoxy) is 1. The van der Waals surface area contributed by atoms with Crippen LogP contribution in [0.4, 0.5) is 9.59 Å². The van der Waals surface area contributed by atoms with E-state index in [9.17, 15) is 24.3 Å². The summed E-state index contributed by atoms with van der Waals surface area (Å²) >= 11 is 1.87. The molecule has 0 spiro atoms. The largest absolute Gasteiger partial charge is 0.480 e. The molecule has 4 amide bonds. The summed E-state index contributed by atoms with van der Waals surface area (Å²) in [5.74, 6) is -0.191. The summed E-state index contributed by atoms with van der Waals surface area (Å²) in [6.07, 6.45) is 3.83. The summed E-state index contributed by atoms with van der Waals surface area (Å²) in [5, 5.41) is 20.8. The lowest BCUT2D eigenvalue weighted by Gasteiger charge is -2.22. The van der Waals surface area contributed by atoms with Crippen LogP contribution in [0, 0.1) is 0 Å². The highest BCUT2D eigenvalue weighted by molar-refractivity contribution is 8.00. The van der Waals surface area contributed by atoms with Crippen LogP contribution in [0.15, 0.2) is 0 Å². The van der Waals surface area contributed by atoms with Crippen LogP contribution in [0.2, 0.25) is 0 Å². The molecule has 11 heteroatoms. The number of fused-ring (bicyclic) bond motifs is 1. The molecule has 0 unspecified atom stereocenters. The molecule has 0 aliphatic carbocycles. The molecule has 2 heterocycles. The lowest BCUT2D eigenvalue weighted by Crippen LogP contribution is -2.43. The van der Waals surface area contributed by atoms with Crippen LogP contribution < -0.4 is 21.3 Å². The van der Waals surface area contributed by atoms with Gasteiger partial charge >= 0.3 is 18.1 Å². The first-order valence-electron chi connectivity index (χ1n) is 11.2. The van der Waals surface area contributed by atoms with Gasteiger partial charge < -0.3 is 31.1 Å². The van der Waals surface area contributed by atoms with E-state index in [1.807, 2.05) is 11.8 Å². The van der Waals surface area contributed by atoms with Crippen molar-refractivity contribution in [1.29, 1.82) is 0 Å². The molecule has 0 aromatic carbocycles. The van der Waals surface area contributed by atoms with Gasteiger partial charge in [0, 0.05) is 24.0 Å². The second-order valence-electron chi connectivity index (χ2n) is 9.25. The molecule has 2 saturated heterocycles. The van der Waals surface area contributed by atoms with E-state index >= 15 is 0 Å². The standard InChI is InChI=1S/C21H36N4O6S/c1-21(2,3)31-20(30)24-13(18(27)28)8-6-7-11-22-16(26)10-5-4-9-15-17-14(12-32-15)23-19(29)25-17/h13-15,17H,4-12H2,1-3H3,(H,22,26)(H,24,30)(H,27,28)(H2,23,25,29)/t13-,14-,15-,17-/m0/s1. The number of carboxylic acids is 1. The summed E-state index contributed by atoms with van der Waals surface area (Å²) in [5.41, 5.74) is -0.695. The van der Waals surface area contributed by atoms with Crippen molar-refractivity contribution in [2.75, 3.05) is 12.3 Å². The third kappa shape index (κ3) is 9.13. The first-order valence-corrected chi connectivity index (χ1v) is 12.3. The highest BCUT2D eigenvalue weighted by atomic mass is 32.2. The van der Waals surface area contributed by atoms with Gasteiger partial charge in [0.05, 0.1) is 12.1 Å². The maximum atomic E-state index is 12.0. The Hall–Kier alpha value is -2.17. The van der Waals surface area contributed by atoms with Crippen molar-refractivity contribution in [3.63, 3.8) is 0 Å². The highest BCUT2D eigenvalue weighted by Crippen LogP contribution is 2.33. The Morgan fingerprint density at radius 2 is 1.94 bits per heavy atom. The van der Waals surface area contributed by atoms with Gasteiger partial charge in [-0.2, -0.15) is 11.8 Å². The molecular weight excluding hydrogens is 436 g/mol. The number of urea groups is 1. The molecule has 182 valence electrons. The monoisotopic (exact) mass is 472 g/mol. The molecule has 32 heavy (non-hydrogen) atoms. The fraction of sp³-hybridized carbons (Fsp3) is 0.810. The van der Waals surface area contributed by atoms with Crippen molar-refractivity contribution in [3.8, 4) is 0 Å². The number of rotatable bonds is 12. The van der Waals surface area contributed by atoms with Crippen molar-refractivity contribution in [2.24, 2.45) is 0 Å². The Balaban J connectivity index is 1.51. The van der Waals surface area contributed by atoms with Gasteiger partial charge in [-0.05, 0) is 52.9 Å². The van der Waals surface area contributed by atoms with Gasteiger partial charge in [0.15, 0.2) is 0 Å². The third-order valence-corrected chi connectivity index (χ3v) is 6.82. The van der Waals surface area contributed by atoms with Gasteiger partial charge in [0.1, 0.15) is 11.6 Å². The van der Waals surface area contributed by atoms with Crippen LogP contribution in [0.1, 0.15) is 65.7 Å². The molecule has 0 aromatic rings. The second-order valence-corrected chi connectivity index (χ2v) is 10.5. The maximum Gasteiger partial charge on any atom is 0.408 e. The van der Waals surface area contributed by atoms with Gasteiger partial charge in [-0.1, -0.05) is 6.42 Å². The van der Waals surface area contributed by atoms with E-state index < -0.39 is 23.7 Å². The molecule has 0 saturated carbocycles. The predicted molar refractivity (Wildman–Crippen MR) is 122 cm³/mol. The molecule has 2 aliphatic rings. The molecule has 5 N–H and O–H groups in total. The molecule has 0 aromatic heterocycles. The van der Waals surface area contributed by atoms with Crippen LogP contribution in [-0.4, -0.2) is 70.4 Å². The summed E-state index contributed by atoms with van der Waals surface area (Å²) in [6.45, 7) is 5.60. The third-order valence-electron chi connectivity index (χ3n) is 5.31. The van der Waals surface area contributed by atoms with Crippen LogP contribution in [0.25, 0.3) is 0 Å². The molecule has 4 atom stereocenters. The number of amides is 4. The predicted octanol–water partition coefficient (Wildman–Crippen LogP) is 1.98. The zero-order valence-corrected chi connectivity index (χ0v) is 19.9. The molecule has 2 rings (SSSR count). The highest BCUT2D eigenvalue weighted by Gasteiger charge is 2.42. The van der Waals surface area contributed by atoms with Gasteiger partial charge in [0.2, 0.25) is 5.91 Å². The summed E-state index contributed by atoms with van der Waals surface area (Å²) in [6, 6.07) is -0.685. The number of alkyl carbamates (subject to hydrolysis) is 1. The van der Waals surface area contributed by atoms with Crippen molar-refractivity contribution >= 4 is 35.8 Å². The normalized spacial score (nSPS) is 23.0. The number of aliphatic carboxylic acids is 1. The maximum absolute atomic E-state index is 12.0. The fourth-order valence-corrected chi connectivity index (χ4v) is 5.31. The number of carboxylic acid groups (broad SMARTS) is 1. The van der Waals surface area contributed by atoms with Crippen molar-refractivity contribution < 1.29 is 29.0 Å². The van der Waals surface area contributed by atoms with E-state index in [4.69, 9.17) is 4.74 Å². The van der Waals surface area contributed by atoms with Crippen molar-refractivity contribution in [3.05, 3.63) is 0 Å². The number of nitrogens with one attached hydrogen (secondary N) is 4. The van der Waals surface area contributed by atoms with Crippen molar-refractivity contribution in [2.45, 2.75) is 94.7 Å². The van der Waals surface area contributed by atoms with Crippen LogP contribution in [0.3, 0.4) is 0 Å². The first-order chi connectivity index (χ1) is 15.0. The number of unbranched alkanes of at least 4 members (excludes halogenated alkanes) is 2. The zero-order chi connectivity index (χ0) is 23.7. The molecular formula is C21H36N4O6S. The zero-order valence-electron chi connectivity index (χ0n) is 19.1. The number of hydrogen-bond donors (Lipinski definition) is 5. The minimum Gasteiger partial charge on any atom is -0.480 e. The topological polar surface area (TPSA) is 146 Å². The molecule has 10 nitrogen and oxygen atoms in total. The Morgan fingerprint density at radius 1 is 1.19 bits per heavy atom. The van der Waals surface area contributed by atoms with E-state index in [1.165, 1.54) is 0 Å². The summed E-state index contributed by atoms with van der Waals surface area (Å²) in [7, 11) is 0. The van der Waals surface area contributed by atoms with Gasteiger partial charge in [-0.25, -0.2) is 14.4 Å². The fourth-order valence-electron chi connectivity index (χ4n) is 3.77. The average molecular weight is 473 g/mol. The summed E-state index contributed by atoms with van der Waals surface area (Å²) < 4.78 is 5.09. The number of thioether (sulfide) groups is 1. The minimum atomic E-state index is -1.11. The van der Waals surface area contributed by atoms with E-state index in [0.717, 1.165) is 25.0 Å². The van der Waals surface area contributed by atoms with E-state index in [-0.39, 0.29) is 30.4 Å². The number of carbonyl (C=O) groups excluding carboxylic acids is 3. The van der Waals surface area contributed by atoms with Crippen LogP contribution in [0.5, 0.6) is 0 Å². The van der Waals surface area contributed by atoms with Crippen molar-refractivity contribution in [1.82, 2.24) is 21.3 Å². The molecule has 0 radical (unpaired) electrons. The number of carbonyl (C=O) groups is 4. The molecule has 2 aliphatic heterocycles. The van der Waals surface area contributed by atoms with Gasteiger partial charge in [-0.3, -0.25) is 4.79 Å². The molecule has 0 bridgehead atoms. The van der Waals surface area contributed by atoms with E-state index in [0.29, 0.717) is 31.1 Å². The SMILES string of the molecule is CC(C)(C)OC(=O)N[C@@H](CCCCNC(=O)CCCC[C@@H]1SC[C@@H]2NC(=O)N[C@@H]21)C(=O)O. The van der Waals surface area contributed by atoms with Gasteiger partial charge in [-0.15, -0.1) is 0 Å². The summed E-state index contributed by atoms with van der Waals surface area (Å²) in [4.78, 5) is 46.5. The molecule has 2 fully saturated rings. The number of hydrogen-bond acceptors (Lipinski definition) is 6. The Morgan fingerprint density at radius 3 is 2.62 bits per heavy atom. The first kappa shape index (κ1) is 26.1. The Bertz CT molecular complexity index is 684. The van der Waals surface area contributed by atoms with Crippen LogP contribution in [-0.2, 0) is 14.3 Å². The van der Waals surface area contributed by atoms with E-state index in [1.54, 1.807) is 20.8 Å². The second kappa shape index (κ2) is 12.2. The quantitative estimate of drug-likeness (QED) is 0.216. The van der Waals surface area contributed by atoms with E-state index in [2.05, 4.69) is 21.3 Å². The lowest BCUT2D eigenvalue weighted by molar-refractivity contribution is -0.139. The lowest BCUT2D eigenvalue weighted by atomic mass is 10.0. The Labute approximate surface area is 193 Å².